The SMILES string of the molecule is COc1ccc(NC(=O)c2nnn(-c3cccc(Cl)c3)c2C)cc1S(=O)(=O)N1CCCCC1. The molecule has 0 unspecified atom stereocenters. The van der Waals surface area contributed by atoms with Crippen molar-refractivity contribution in [3.8, 4) is 11.4 Å². The highest BCUT2D eigenvalue weighted by atomic mass is 35.5. The third-order valence-corrected chi connectivity index (χ3v) is 7.67. The predicted octanol–water partition coefficient (Wildman–Crippen LogP) is 3.66. The molecule has 1 amide bonds. The Kier molecular flexibility index (Phi) is 6.68. The van der Waals surface area contributed by atoms with Crippen molar-refractivity contribution in [2.75, 3.05) is 25.5 Å². The summed E-state index contributed by atoms with van der Waals surface area (Å²) in [5.41, 5.74) is 1.62. The van der Waals surface area contributed by atoms with Crippen LogP contribution in [0.15, 0.2) is 47.4 Å². The predicted molar refractivity (Wildman–Crippen MR) is 125 cm³/mol. The Labute approximate surface area is 197 Å². The highest BCUT2D eigenvalue weighted by molar-refractivity contribution is 7.89. The molecule has 1 aliphatic rings. The van der Waals surface area contributed by atoms with Crippen molar-refractivity contribution in [1.29, 1.82) is 0 Å². The number of methoxy groups -OCH3 is 1. The van der Waals surface area contributed by atoms with E-state index in [4.69, 9.17) is 16.3 Å². The van der Waals surface area contributed by atoms with Crippen LogP contribution >= 0.6 is 11.6 Å². The number of sulfonamides is 1. The van der Waals surface area contributed by atoms with Gasteiger partial charge in [0.1, 0.15) is 10.6 Å². The number of rotatable bonds is 6. The van der Waals surface area contributed by atoms with E-state index in [-0.39, 0.29) is 16.3 Å². The summed E-state index contributed by atoms with van der Waals surface area (Å²) in [6.07, 6.45) is 2.65. The zero-order valence-electron chi connectivity index (χ0n) is 18.3. The molecule has 9 nitrogen and oxygen atoms in total. The summed E-state index contributed by atoms with van der Waals surface area (Å²) in [6.45, 7) is 2.65. The van der Waals surface area contributed by atoms with Gasteiger partial charge < -0.3 is 10.1 Å². The van der Waals surface area contributed by atoms with E-state index in [0.717, 1.165) is 19.3 Å². The molecule has 0 bridgehead atoms. The molecule has 0 atom stereocenters. The molecular formula is C22H24ClN5O4S. The zero-order valence-corrected chi connectivity index (χ0v) is 19.9. The van der Waals surface area contributed by atoms with Crippen LogP contribution < -0.4 is 10.1 Å². The van der Waals surface area contributed by atoms with Crippen molar-refractivity contribution in [2.45, 2.75) is 31.1 Å². The lowest BCUT2D eigenvalue weighted by Gasteiger charge is -2.26. The zero-order chi connectivity index (χ0) is 23.6. The molecule has 174 valence electrons. The van der Waals surface area contributed by atoms with Crippen LogP contribution in [0.5, 0.6) is 5.75 Å². The van der Waals surface area contributed by atoms with Gasteiger partial charge in [-0.25, -0.2) is 13.1 Å². The fourth-order valence-electron chi connectivity index (χ4n) is 3.78. The molecule has 33 heavy (non-hydrogen) atoms. The molecule has 1 N–H and O–H groups in total. The smallest absolute Gasteiger partial charge is 0.278 e. The second kappa shape index (κ2) is 9.50. The topological polar surface area (TPSA) is 106 Å². The largest absolute Gasteiger partial charge is 0.495 e. The van der Waals surface area contributed by atoms with Gasteiger partial charge in [0.15, 0.2) is 5.69 Å². The number of carbonyl (C=O) groups is 1. The third-order valence-electron chi connectivity index (χ3n) is 5.52. The van der Waals surface area contributed by atoms with Crippen molar-refractivity contribution in [3.63, 3.8) is 0 Å². The van der Waals surface area contributed by atoms with Gasteiger partial charge in [-0.15, -0.1) is 5.10 Å². The number of ether oxygens (including phenoxy) is 1. The monoisotopic (exact) mass is 489 g/mol. The Morgan fingerprint density at radius 3 is 2.58 bits per heavy atom. The molecule has 0 spiro atoms. The molecule has 1 aliphatic heterocycles. The normalized spacial score (nSPS) is 14.8. The van der Waals surface area contributed by atoms with Crippen molar-refractivity contribution >= 4 is 33.2 Å². The lowest BCUT2D eigenvalue weighted by molar-refractivity contribution is 0.102. The first-order chi connectivity index (χ1) is 15.8. The molecule has 4 rings (SSSR count). The van der Waals surface area contributed by atoms with Gasteiger partial charge in [-0.1, -0.05) is 29.3 Å². The van der Waals surface area contributed by atoms with Crippen LogP contribution in [-0.4, -0.2) is 53.8 Å². The summed E-state index contributed by atoms with van der Waals surface area (Å²) < 4.78 is 34.7. The summed E-state index contributed by atoms with van der Waals surface area (Å²) >= 11 is 6.05. The van der Waals surface area contributed by atoms with Crippen molar-refractivity contribution in [2.24, 2.45) is 0 Å². The van der Waals surface area contributed by atoms with Crippen molar-refractivity contribution in [3.05, 3.63) is 58.9 Å². The molecule has 0 radical (unpaired) electrons. The highest BCUT2D eigenvalue weighted by Crippen LogP contribution is 2.31. The maximum Gasteiger partial charge on any atom is 0.278 e. The summed E-state index contributed by atoms with van der Waals surface area (Å²) in [7, 11) is -2.34. The average molecular weight is 490 g/mol. The quantitative estimate of drug-likeness (QED) is 0.566. The maximum absolute atomic E-state index is 13.2. The molecule has 1 aromatic heterocycles. The van der Waals surface area contributed by atoms with Crippen molar-refractivity contribution < 1.29 is 17.9 Å². The number of carbonyl (C=O) groups excluding carboxylic acids is 1. The molecular weight excluding hydrogens is 466 g/mol. The summed E-state index contributed by atoms with van der Waals surface area (Å²) in [5, 5.41) is 11.3. The van der Waals surface area contributed by atoms with E-state index >= 15 is 0 Å². The molecule has 0 aliphatic carbocycles. The first-order valence-electron chi connectivity index (χ1n) is 10.5. The first kappa shape index (κ1) is 23.2. The Hall–Kier alpha value is -2.95. The Bertz CT molecular complexity index is 1290. The van der Waals surface area contributed by atoms with E-state index in [2.05, 4.69) is 15.6 Å². The molecule has 3 aromatic rings. The number of halogens is 1. The van der Waals surface area contributed by atoms with E-state index < -0.39 is 15.9 Å². The number of hydrogen-bond acceptors (Lipinski definition) is 6. The summed E-state index contributed by atoms with van der Waals surface area (Å²) in [4.78, 5) is 12.9. The first-order valence-corrected chi connectivity index (χ1v) is 12.3. The van der Waals surface area contributed by atoms with Gasteiger partial charge in [-0.3, -0.25) is 4.79 Å². The number of aromatic nitrogens is 3. The van der Waals surface area contributed by atoms with Gasteiger partial charge in [0.2, 0.25) is 10.0 Å². The minimum Gasteiger partial charge on any atom is -0.495 e. The van der Waals surface area contributed by atoms with Crippen LogP contribution in [0.4, 0.5) is 5.69 Å². The minimum atomic E-state index is -3.76. The van der Waals surface area contributed by atoms with Gasteiger partial charge in [0.25, 0.3) is 5.91 Å². The summed E-state index contributed by atoms with van der Waals surface area (Å²) in [6, 6.07) is 11.6. The van der Waals surface area contributed by atoms with Crippen LogP contribution in [0, 0.1) is 6.92 Å². The minimum absolute atomic E-state index is 0.0176. The average Bonchev–Trinajstić information content (AvgIpc) is 3.21. The third kappa shape index (κ3) is 4.73. The van der Waals surface area contributed by atoms with Gasteiger partial charge in [-0.05, 0) is 56.2 Å². The van der Waals surface area contributed by atoms with Gasteiger partial charge in [-0.2, -0.15) is 4.31 Å². The van der Waals surface area contributed by atoms with E-state index in [0.29, 0.717) is 35.2 Å². The molecule has 1 fully saturated rings. The number of benzene rings is 2. The van der Waals surface area contributed by atoms with Gasteiger partial charge in [0, 0.05) is 23.8 Å². The molecule has 2 heterocycles. The molecule has 11 heteroatoms. The Balaban J connectivity index is 1.61. The standard InChI is InChI=1S/C22H24ClN5O4S/c1-15-21(25-26-28(15)18-8-6-7-16(23)13-18)22(29)24-17-9-10-19(32-2)20(14-17)33(30,31)27-11-4-3-5-12-27/h6-10,13-14H,3-5,11-12H2,1-2H3,(H,24,29). The van der Waals surface area contributed by atoms with Gasteiger partial charge in [0.05, 0.1) is 18.5 Å². The van der Waals surface area contributed by atoms with Crippen LogP contribution in [-0.2, 0) is 10.0 Å². The number of hydrogen-bond donors (Lipinski definition) is 1. The van der Waals surface area contributed by atoms with Crippen LogP contribution in [0.3, 0.4) is 0 Å². The van der Waals surface area contributed by atoms with Crippen molar-refractivity contribution in [1.82, 2.24) is 19.3 Å². The van der Waals surface area contributed by atoms with E-state index in [1.54, 1.807) is 37.3 Å². The Morgan fingerprint density at radius 2 is 1.88 bits per heavy atom. The number of anilines is 1. The Morgan fingerprint density at radius 1 is 1.12 bits per heavy atom. The van der Waals surface area contributed by atoms with Crippen LogP contribution in [0.2, 0.25) is 5.02 Å². The highest BCUT2D eigenvalue weighted by Gasteiger charge is 2.29. The second-order valence-electron chi connectivity index (χ2n) is 7.70. The molecule has 2 aromatic carbocycles. The number of nitrogens with zero attached hydrogens (tertiary/aromatic N) is 4. The number of nitrogens with one attached hydrogen (secondary N) is 1. The van der Waals surface area contributed by atoms with E-state index in [9.17, 15) is 13.2 Å². The lowest BCUT2D eigenvalue weighted by Crippen LogP contribution is -2.35. The van der Waals surface area contributed by atoms with Crippen LogP contribution in [0.1, 0.15) is 35.4 Å². The number of piperidine rings is 1. The second-order valence-corrected chi connectivity index (χ2v) is 10.0. The van der Waals surface area contributed by atoms with E-state index in [1.165, 1.54) is 28.2 Å². The van der Waals surface area contributed by atoms with Crippen LogP contribution in [0.25, 0.3) is 5.69 Å². The molecule has 1 saturated heterocycles. The van der Waals surface area contributed by atoms with E-state index in [1.807, 2.05) is 0 Å². The number of amides is 1. The molecule has 0 saturated carbocycles. The lowest BCUT2D eigenvalue weighted by atomic mass is 10.2. The van der Waals surface area contributed by atoms with Gasteiger partial charge >= 0.3 is 0 Å². The summed E-state index contributed by atoms with van der Waals surface area (Å²) in [5.74, 6) is -0.283. The fraction of sp³-hybridized carbons (Fsp3) is 0.318. The fourth-order valence-corrected chi connectivity index (χ4v) is 5.67. The maximum atomic E-state index is 13.2.